The third-order valence-electron chi connectivity index (χ3n) is 6.04. The second-order valence-electron chi connectivity index (χ2n) is 8.63. The van der Waals surface area contributed by atoms with Crippen molar-refractivity contribution in [3.05, 3.63) is 51.0 Å². The highest BCUT2D eigenvalue weighted by Crippen LogP contribution is 2.34. The predicted molar refractivity (Wildman–Crippen MR) is 150 cm³/mol. The number of aromatic hydroxyl groups is 1. The maximum Gasteiger partial charge on any atom is 0.258 e. The number of sulfonamides is 1. The summed E-state index contributed by atoms with van der Waals surface area (Å²) in [5.74, 6) is -0.119. The number of nitrogens with one attached hydrogen (secondary N) is 2. The fraction of sp³-hybridized carbons (Fsp3) is 0.458. The van der Waals surface area contributed by atoms with E-state index in [1.165, 1.54) is 12.1 Å². The van der Waals surface area contributed by atoms with Crippen LogP contribution in [0.1, 0.15) is 38.0 Å². The maximum absolute atomic E-state index is 12.7. The van der Waals surface area contributed by atoms with Gasteiger partial charge < -0.3 is 19.6 Å². The number of halogens is 2. The van der Waals surface area contributed by atoms with Gasteiger partial charge in [-0.2, -0.15) is 0 Å². The van der Waals surface area contributed by atoms with Crippen molar-refractivity contribution >= 4 is 57.5 Å². The molecule has 2 aromatic carbocycles. The quantitative estimate of drug-likeness (QED) is 0.194. The van der Waals surface area contributed by atoms with Crippen LogP contribution in [-0.4, -0.2) is 47.2 Å². The fourth-order valence-electron chi connectivity index (χ4n) is 3.83. The van der Waals surface area contributed by atoms with Crippen molar-refractivity contribution in [2.75, 3.05) is 24.1 Å². The van der Waals surface area contributed by atoms with Gasteiger partial charge in [-0.1, -0.05) is 54.4 Å². The van der Waals surface area contributed by atoms with Gasteiger partial charge in [0.05, 0.1) is 23.1 Å². The molecule has 0 aliphatic heterocycles. The second kappa shape index (κ2) is 13.1. The molecule has 8 nitrogen and oxygen atoms in total. The Bertz CT molecular complexity index is 1150. The van der Waals surface area contributed by atoms with E-state index in [-0.39, 0.29) is 30.5 Å². The van der Waals surface area contributed by atoms with Gasteiger partial charge in [-0.3, -0.25) is 9.52 Å². The van der Waals surface area contributed by atoms with Gasteiger partial charge in [0.15, 0.2) is 14.9 Å². The Morgan fingerprint density at radius 1 is 1.17 bits per heavy atom. The molecule has 200 valence electrons. The lowest BCUT2D eigenvalue weighted by Gasteiger charge is -2.34. The lowest BCUT2D eigenvalue weighted by Crippen LogP contribution is -2.41. The topological polar surface area (TPSA) is 114 Å². The summed E-state index contributed by atoms with van der Waals surface area (Å²) in [5.41, 5.74) is 1.48. The molecule has 0 aliphatic carbocycles. The van der Waals surface area contributed by atoms with Gasteiger partial charge in [-0.15, -0.1) is 0 Å². The van der Waals surface area contributed by atoms with Crippen molar-refractivity contribution in [1.29, 1.82) is 0 Å². The lowest BCUT2D eigenvalue weighted by atomic mass is 10.1. The first-order valence-corrected chi connectivity index (χ1v) is 17.3. The molecule has 36 heavy (non-hydrogen) atoms. The van der Waals surface area contributed by atoms with E-state index < -0.39 is 24.4 Å². The van der Waals surface area contributed by atoms with E-state index in [0.29, 0.717) is 16.3 Å². The number of hydrogen-bond donors (Lipinski definition) is 3. The van der Waals surface area contributed by atoms with Crippen LogP contribution in [-0.2, 0) is 19.2 Å². The molecule has 12 heteroatoms. The molecule has 0 bridgehead atoms. The maximum atomic E-state index is 12.7. The van der Waals surface area contributed by atoms with Crippen molar-refractivity contribution in [3.8, 4) is 11.5 Å². The zero-order chi connectivity index (χ0) is 27.1. The number of aryl methyl sites for hydroxylation is 1. The first-order chi connectivity index (χ1) is 16.8. The van der Waals surface area contributed by atoms with Crippen LogP contribution in [0.4, 0.5) is 5.69 Å². The Morgan fingerprint density at radius 3 is 2.36 bits per heavy atom. The lowest BCUT2D eigenvalue weighted by molar-refractivity contribution is -0.123. The molecule has 2 aromatic rings. The molecule has 1 amide bonds. The average Bonchev–Trinajstić information content (AvgIpc) is 2.79. The number of carbonyl (C=O) groups excluding carboxylic acids is 1. The summed E-state index contributed by atoms with van der Waals surface area (Å²) in [6.45, 7) is 8.04. The van der Waals surface area contributed by atoms with Crippen molar-refractivity contribution in [1.82, 2.24) is 5.32 Å². The molecule has 0 aliphatic rings. The molecule has 0 spiro atoms. The van der Waals surface area contributed by atoms with Crippen LogP contribution < -0.4 is 14.8 Å². The minimum atomic E-state index is -3.60. The molecule has 0 saturated carbocycles. The zero-order valence-electron chi connectivity index (χ0n) is 21.2. The SMILES string of the molecule is CC[Si](CC)(CC)O[C@H](CNC(=O)COc1c(C)cc(Br)cc1Cl)c1ccc(O)c(NS(C)(=O)=O)c1. The van der Waals surface area contributed by atoms with Crippen molar-refractivity contribution in [3.63, 3.8) is 0 Å². The second-order valence-corrected chi connectivity index (χ2v) is 16.4. The molecular formula is C24H34BrClN2O6SSi. The Kier molecular flexibility index (Phi) is 11.1. The first-order valence-electron chi connectivity index (χ1n) is 11.7. The summed E-state index contributed by atoms with van der Waals surface area (Å²) in [6, 6.07) is 10.8. The minimum Gasteiger partial charge on any atom is -0.506 e. The van der Waals surface area contributed by atoms with Gasteiger partial charge in [-0.05, 0) is 60.4 Å². The average molecular weight is 622 g/mol. The largest absolute Gasteiger partial charge is 0.506 e. The highest BCUT2D eigenvalue weighted by Gasteiger charge is 2.33. The Balaban J connectivity index is 2.24. The number of phenols is 1. The summed E-state index contributed by atoms with van der Waals surface area (Å²) in [6.07, 6.45) is 0.467. The summed E-state index contributed by atoms with van der Waals surface area (Å²) < 4.78 is 39.0. The van der Waals surface area contributed by atoms with Gasteiger partial charge in [0.25, 0.3) is 5.91 Å². The minimum absolute atomic E-state index is 0.0513. The van der Waals surface area contributed by atoms with Crippen LogP contribution in [0, 0.1) is 6.92 Å². The molecule has 3 N–H and O–H groups in total. The molecule has 0 fully saturated rings. The van der Waals surface area contributed by atoms with E-state index in [9.17, 15) is 18.3 Å². The number of rotatable bonds is 13. The Morgan fingerprint density at radius 2 is 1.81 bits per heavy atom. The van der Waals surface area contributed by atoms with Gasteiger partial charge in [0.2, 0.25) is 10.0 Å². The van der Waals surface area contributed by atoms with Gasteiger partial charge >= 0.3 is 0 Å². The van der Waals surface area contributed by atoms with Crippen LogP contribution in [0.25, 0.3) is 0 Å². The van der Waals surface area contributed by atoms with Gasteiger partial charge in [-0.25, -0.2) is 8.42 Å². The van der Waals surface area contributed by atoms with Crippen molar-refractivity contribution < 1.29 is 27.5 Å². The fourth-order valence-corrected chi connectivity index (χ4v) is 8.24. The van der Waals surface area contributed by atoms with E-state index in [0.717, 1.165) is 34.4 Å². The molecular weight excluding hydrogens is 588 g/mol. The summed E-state index contributed by atoms with van der Waals surface area (Å²) >= 11 is 9.62. The molecule has 2 rings (SSSR count). The normalized spacial score (nSPS) is 12.8. The number of carbonyl (C=O) groups is 1. The van der Waals surface area contributed by atoms with E-state index in [1.54, 1.807) is 12.1 Å². The predicted octanol–water partition coefficient (Wildman–Crippen LogP) is 5.75. The first kappa shape index (κ1) is 30.4. The number of hydrogen-bond acceptors (Lipinski definition) is 6. The van der Waals surface area contributed by atoms with Crippen LogP contribution in [0.5, 0.6) is 11.5 Å². The molecule has 0 aromatic heterocycles. The molecule has 0 unspecified atom stereocenters. The summed E-state index contributed by atoms with van der Waals surface area (Å²) in [5, 5.41) is 13.4. The van der Waals surface area contributed by atoms with Crippen molar-refractivity contribution in [2.24, 2.45) is 0 Å². The number of phenolic OH excluding ortho intramolecular Hbond substituents is 1. The molecule has 1 atom stereocenters. The van der Waals surface area contributed by atoms with E-state index in [1.807, 2.05) is 13.0 Å². The summed E-state index contributed by atoms with van der Waals surface area (Å²) in [7, 11) is -5.71. The number of amides is 1. The molecule has 0 saturated heterocycles. The smallest absolute Gasteiger partial charge is 0.258 e. The van der Waals surface area contributed by atoms with Gasteiger partial charge in [0, 0.05) is 11.0 Å². The highest BCUT2D eigenvalue weighted by molar-refractivity contribution is 9.10. The zero-order valence-corrected chi connectivity index (χ0v) is 25.3. The number of ether oxygens (including phenoxy) is 1. The number of anilines is 1. The highest BCUT2D eigenvalue weighted by atomic mass is 79.9. The van der Waals surface area contributed by atoms with Crippen LogP contribution in [0.15, 0.2) is 34.8 Å². The Labute approximate surface area is 228 Å². The van der Waals surface area contributed by atoms with E-state index in [4.69, 9.17) is 20.8 Å². The van der Waals surface area contributed by atoms with E-state index >= 15 is 0 Å². The van der Waals surface area contributed by atoms with E-state index in [2.05, 4.69) is 46.7 Å². The van der Waals surface area contributed by atoms with Crippen LogP contribution in [0.3, 0.4) is 0 Å². The van der Waals surface area contributed by atoms with Crippen LogP contribution >= 0.6 is 27.5 Å². The van der Waals surface area contributed by atoms with Crippen molar-refractivity contribution in [2.45, 2.75) is 51.9 Å². The number of benzene rings is 2. The standard InChI is InChI=1S/C24H34BrClN2O6SSi/c1-6-36(7-2,8-3)34-22(17-9-10-21(29)20(12-17)28-35(5,31)32)14-27-23(30)15-33-24-16(4)11-18(25)13-19(24)26/h9-13,22,28-29H,6-8,14-15H2,1-5H3,(H,27,30)/t22-/m1/s1. The van der Waals surface area contributed by atoms with Gasteiger partial charge in [0.1, 0.15) is 11.5 Å². The molecule has 0 heterocycles. The monoisotopic (exact) mass is 620 g/mol. The molecule has 0 radical (unpaired) electrons. The van der Waals surface area contributed by atoms with Crippen LogP contribution in [0.2, 0.25) is 23.2 Å². The summed E-state index contributed by atoms with van der Waals surface area (Å²) in [4.78, 5) is 12.7. The Hall–Kier alpha value is -1.79. The third-order valence-corrected chi connectivity index (χ3v) is 12.0. The third kappa shape index (κ3) is 8.65.